The first-order valence-electron chi connectivity index (χ1n) is 7.61. The number of thioether (sulfide) groups is 1. The van der Waals surface area contributed by atoms with E-state index in [0.717, 1.165) is 11.8 Å². The van der Waals surface area contributed by atoms with Gasteiger partial charge in [0, 0.05) is 6.04 Å². The Balaban J connectivity index is 1.90. The van der Waals surface area contributed by atoms with Crippen molar-refractivity contribution < 1.29 is 0 Å². The van der Waals surface area contributed by atoms with Gasteiger partial charge in [-0.1, -0.05) is 44.2 Å². The molecule has 0 aliphatic carbocycles. The summed E-state index contributed by atoms with van der Waals surface area (Å²) in [4.78, 5) is 0. The van der Waals surface area contributed by atoms with Crippen LogP contribution >= 0.6 is 11.8 Å². The first kappa shape index (κ1) is 14.9. The van der Waals surface area contributed by atoms with E-state index < -0.39 is 0 Å². The smallest absolute Gasteiger partial charge is 0.0322 e. The Morgan fingerprint density at radius 2 is 1.84 bits per heavy atom. The molecule has 1 aliphatic rings. The second-order valence-electron chi connectivity index (χ2n) is 6.06. The van der Waals surface area contributed by atoms with Crippen LogP contribution in [0.2, 0.25) is 0 Å². The Bertz CT molecular complexity index is 344. The molecule has 0 amide bonds. The van der Waals surface area contributed by atoms with Crippen LogP contribution in [0.4, 0.5) is 0 Å². The molecular formula is C17H27NS. The zero-order chi connectivity index (χ0) is 13.5. The quantitative estimate of drug-likeness (QED) is 0.821. The average Bonchev–Trinajstić information content (AvgIpc) is 2.45. The Morgan fingerprint density at radius 3 is 2.47 bits per heavy atom. The average molecular weight is 277 g/mol. The Hall–Kier alpha value is -0.470. The molecule has 1 atom stereocenters. The molecule has 1 N–H and O–H groups in total. The van der Waals surface area contributed by atoms with E-state index in [2.05, 4.69) is 61.3 Å². The highest BCUT2D eigenvalue weighted by Crippen LogP contribution is 2.25. The van der Waals surface area contributed by atoms with Crippen molar-refractivity contribution >= 4 is 11.8 Å². The van der Waals surface area contributed by atoms with Crippen LogP contribution in [-0.2, 0) is 0 Å². The van der Waals surface area contributed by atoms with Crippen LogP contribution in [0.3, 0.4) is 0 Å². The second kappa shape index (κ2) is 7.96. The molecule has 1 aromatic carbocycles. The normalized spacial score (nSPS) is 18.7. The number of hydrogen-bond acceptors (Lipinski definition) is 2. The van der Waals surface area contributed by atoms with Crippen LogP contribution in [-0.4, -0.2) is 18.1 Å². The van der Waals surface area contributed by atoms with Crippen LogP contribution in [0.25, 0.3) is 0 Å². The maximum absolute atomic E-state index is 3.83. The monoisotopic (exact) mass is 277 g/mol. The van der Waals surface area contributed by atoms with Gasteiger partial charge in [0.15, 0.2) is 0 Å². The number of rotatable bonds is 6. The molecule has 1 aromatic rings. The molecule has 1 saturated heterocycles. The molecule has 1 unspecified atom stereocenters. The number of hydrogen-bond donors (Lipinski definition) is 1. The van der Waals surface area contributed by atoms with E-state index in [-0.39, 0.29) is 0 Å². The number of nitrogens with one attached hydrogen (secondary N) is 1. The van der Waals surface area contributed by atoms with Crippen LogP contribution in [0, 0.1) is 11.8 Å². The molecule has 1 aliphatic heterocycles. The Morgan fingerprint density at radius 1 is 1.16 bits per heavy atom. The maximum Gasteiger partial charge on any atom is 0.0322 e. The lowest BCUT2D eigenvalue weighted by atomic mass is 9.95. The van der Waals surface area contributed by atoms with E-state index in [1.165, 1.54) is 42.9 Å². The number of benzene rings is 1. The molecule has 1 fully saturated rings. The van der Waals surface area contributed by atoms with Gasteiger partial charge in [0.2, 0.25) is 0 Å². The fourth-order valence-corrected chi connectivity index (χ4v) is 3.96. The molecule has 2 rings (SSSR count). The first-order chi connectivity index (χ1) is 9.25. The van der Waals surface area contributed by atoms with Gasteiger partial charge < -0.3 is 5.32 Å². The van der Waals surface area contributed by atoms with E-state index in [0.29, 0.717) is 6.04 Å². The van der Waals surface area contributed by atoms with Gasteiger partial charge >= 0.3 is 0 Å². The molecule has 2 heteroatoms. The van der Waals surface area contributed by atoms with Crippen LogP contribution < -0.4 is 5.32 Å². The van der Waals surface area contributed by atoms with Crippen LogP contribution in [0.5, 0.6) is 0 Å². The highest BCUT2D eigenvalue weighted by molar-refractivity contribution is 7.99. The zero-order valence-corrected chi connectivity index (χ0v) is 13.1. The van der Waals surface area contributed by atoms with Gasteiger partial charge in [-0.15, -0.1) is 0 Å². The largest absolute Gasteiger partial charge is 0.310 e. The standard InChI is InChI=1S/C17H27NS/c1-14(2)12-17(16-6-4-3-5-7-16)18-13-15-8-10-19-11-9-15/h3-7,14-15,17-18H,8-13H2,1-2H3. The van der Waals surface area contributed by atoms with Gasteiger partial charge in [-0.05, 0) is 54.7 Å². The van der Waals surface area contributed by atoms with E-state index in [1.807, 2.05) is 0 Å². The van der Waals surface area contributed by atoms with Gasteiger partial charge in [0.25, 0.3) is 0 Å². The van der Waals surface area contributed by atoms with Crippen molar-refractivity contribution in [1.82, 2.24) is 5.32 Å². The molecule has 1 nitrogen and oxygen atoms in total. The highest BCUT2D eigenvalue weighted by atomic mass is 32.2. The molecule has 0 bridgehead atoms. The lowest BCUT2D eigenvalue weighted by Crippen LogP contribution is -2.30. The van der Waals surface area contributed by atoms with Crippen molar-refractivity contribution in [2.45, 2.75) is 39.2 Å². The topological polar surface area (TPSA) is 12.0 Å². The third kappa shape index (κ3) is 5.19. The summed E-state index contributed by atoms with van der Waals surface area (Å²) in [5.74, 6) is 4.33. The fourth-order valence-electron chi connectivity index (χ4n) is 2.75. The molecule has 19 heavy (non-hydrogen) atoms. The minimum absolute atomic E-state index is 0.524. The van der Waals surface area contributed by atoms with Crippen molar-refractivity contribution in [1.29, 1.82) is 0 Å². The summed E-state index contributed by atoms with van der Waals surface area (Å²) in [6.45, 7) is 5.82. The van der Waals surface area contributed by atoms with Crippen molar-refractivity contribution in [2.75, 3.05) is 18.1 Å². The van der Waals surface area contributed by atoms with Crippen molar-refractivity contribution in [3.8, 4) is 0 Å². The van der Waals surface area contributed by atoms with Crippen molar-refractivity contribution in [3.63, 3.8) is 0 Å². The minimum atomic E-state index is 0.524. The van der Waals surface area contributed by atoms with E-state index >= 15 is 0 Å². The summed E-state index contributed by atoms with van der Waals surface area (Å²) < 4.78 is 0. The van der Waals surface area contributed by atoms with Crippen LogP contribution in [0.15, 0.2) is 30.3 Å². The van der Waals surface area contributed by atoms with Gasteiger partial charge in [0.1, 0.15) is 0 Å². The summed E-state index contributed by atoms with van der Waals surface area (Å²) in [6.07, 6.45) is 4.01. The lowest BCUT2D eigenvalue weighted by molar-refractivity contribution is 0.373. The van der Waals surface area contributed by atoms with Crippen LogP contribution in [0.1, 0.15) is 44.7 Å². The Kier molecular flexibility index (Phi) is 6.25. The van der Waals surface area contributed by atoms with E-state index in [4.69, 9.17) is 0 Å². The molecule has 0 radical (unpaired) electrons. The molecule has 0 aromatic heterocycles. The van der Waals surface area contributed by atoms with Gasteiger partial charge in [-0.3, -0.25) is 0 Å². The first-order valence-corrected chi connectivity index (χ1v) is 8.77. The SMILES string of the molecule is CC(C)CC(NCC1CCSCC1)c1ccccc1. The van der Waals surface area contributed by atoms with Gasteiger partial charge in [-0.25, -0.2) is 0 Å². The molecule has 106 valence electrons. The lowest BCUT2D eigenvalue weighted by Gasteiger charge is -2.26. The highest BCUT2D eigenvalue weighted by Gasteiger charge is 2.17. The summed E-state index contributed by atoms with van der Waals surface area (Å²) in [7, 11) is 0. The summed E-state index contributed by atoms with van der Waals surface area (Å²) >= 11 is 2.11. The molecular weight excluding hydrogens is 250 g/mol. The molecule has 1 heterocycles. The van der Waals surface area contributed by atoms with E-state index in [9.17, 15) is 0 Å². The summed E-state index contributed by atoms with van der Waals surface area (Å²) in [5.41, 5.74) is 1.45. The third-order valence-corrected chi connectivity index (χ3v) is 4.95. The van der Waals surface area contributed by atoms with Crippen molar-refractivity contribution in [2.24, 2.45) is 11.8 Å². The predicted octanol–water partition coefficient (Wildman–Crippen LogP) is 4.51. The van der Waals surface area contributed by atoms with Crippen molar-refractivity contribution in [3.05, 3.63) is 35.9 Å². The summed E-state index contributed by atoms with van der Waals surface area (Å²) in [6, 6.07) is 11.5. The van der Waals surface area contributed by atoms with Gasteiger partial charge in [-0.2, -0.15) is 11.8 Å². The Labute approximate surface area is 122 Å². The third-order valence-electron chi connectivity index (χ3n) is 3.90. The summed E-state index contributed by atoms with van der Waals surface area (Å²) in [5, 5.41) is 3.83. The molecule has 0 saturated carbocycles. The fraction of sp³-hybridized carbons (Fsp3) is 0.647. The van der Waals surface area contributed by atoms with Gasteiger partial charge in [0.05, 0.1) is 0 Å². The zero-order valence-electron chi connectivity index (χ0n) is 12.3. The second-order valence-corrected chi connectivity index (χ2v) is 7.28. The minimum Gasteiger partial charge on any atom is -0.310 e. The maximum atomic E-state index is 3.83. The molecule has 0 spiro atoms. The van der Waals surface area contributed by atoms with E-state index in [1.54, 1.807) is 0 Å². The predicted molar refractivity (Wildman–Crippen MR) is 86.7 cm³/mol.